The molecule has 0 radical (unpaired) electrons. The summed E-state index contributed by atoms with van der Waals surface area (Å²) in [6.45, 7) is 3.78. The van der Waals surface area contributed by atoms with Gasteiger partial charge in [0.2, 0.25) is 0 Å². The molecule has 0 bridgehead atoms. The lowest BCUT2D eigenvalue weighted by Crippen LogP contribution is -2.28. The number of aromatic nitrogens is 1. The van der Waals surface area contributed by atoms with E-state index in [1.165, 1.54) is 12.3 Å². The van der Waals surface area contributed by atoms with Crippen molar-refractivity contribution in [2.24, 2.45) is 0 Å². The topological polar surface area (TPSA) is 71.3 Å². The maximum Gasteiger partial charge on any atom is 0.287 e. The fourth-order valence-electron chi connectivity index (χ4n) is 1.75. The maximum absolute atomic E-state index is 10.5. The Morgan fingerprint density at radius 2 is 2.25 bits per heavy atom. The Bertz CT molecular complexity index is 358. The van der Waals surface area contributed by atoms with Crippen LogP contribution in [0, 0.1) is 10.1 Å². The molecule has 16 heavy (non-hydrogen) atoms. The summed E-state index contributed by atoms with van der Waals surface area (Å²) in [4.78, 5) is 16.3. The Labute approximate surface area is 93.4 Å². The van der Waals surface area contributed by atoms with Crippen LogP contribution in [0.5, 0.6) is 0 Å². The van der Waals surface area contributed by atoms with Crippen LogP contribution in [0.1, 0.15) is 6.42 Å². The first-order valence-electron chi connectivity index (χ1n) is 5.33. The van der Waals surface area contributed by atoms with E-state index >= 15 is 0 Å². The molecule has 1 aromatic heterocycles. The maximum atomic E-state index is 10.5. The first kappa shape index (κ1) is 10.8. The predicted molar refractivity (Wildman–Crippen MR) is 60.6 cm³/mol. The first-order chi connectivity index (χ1) is 7.77. The highest BCUT2D eigenvalue weighted by atomic mass is 16.6. The fourth-order valence-corrected chi connectivity index (χ4v) is 1.75. The number of nitrogens with one attached hydrogen (secondary N) is 1. The molecule has 1 fully saturated rings. The van der Waals surface area contributed by atoms with E-state index in [0.29, 0.717) is 0 Å². The van der Waals surface area contributed by atoms with Crippen LogP contribution in [0.2, 0.25) is 0 Å². The zero-order valence-corrected chi connectivity index (χ0v) is 8.93. The summed E-state index contributed by atoms with van der Waals surface area (Å²) >= 11 is 0. The molecule has 1 aliphatic rings. The van der Waals surface area contributed by atoms with Crippen molar-refractivity contribution in [3.8, 4) is 0 Å². The van der Waals surface area contributed by atoms with Gasteiger partial charge in [-0.3, -0.25) is 10.1 Å². The van der Waals surface area contributed by atoms with Gasteiger partial charge in [0.25, 0.3) is 5.69 Å². The average Bonchev–Trinajstić information content (AvgIpc) is 2.57. The van der Waals surface area contributed by atoms with Crippen LogP contribution in [0.3, 0.4) is 0 Å². The van der Waals surface area contributed by atoms with E-state index in [0.717, 1.165) is 38.4 Å². The fraction of sp³-hybridized carbons (Fsp3) is 0.500. The molecule has 1 saturated heterocycles. The van der Waals surface area contributed by atoms with Crippen molar-refractivity contribution < 1.29 is 4.92 Å². The SMILES string of the molecule is O=[N+]([O-])c1ccc(N2CCCNCC2)nc1. The second kappa shape index (κ2) is 4.89. The van der Waals surface area contributed by atoms with Crippen LogP contribution in [-0.4, -0.2) is 36.1 Å². The highest BCUT2D eigenvalue weighted by Crippen LogP contribution is 2.16. The van der Waals surface area contributed by atoms with Gasteiger partial charge in [-0.1, -0.05) is 0 Å². The van der Waals surface area contributed by atoms with Crippen molar-refractivity contribution in [3.63, 3.8) is 0 Å². The van der Waals surface area contributed by atoms with Gasteiger partial charge in [0, 0.05) is 25.7 Å². The molecule has 1 N–H and O–H groups in total. The van der Waals surface area contributed by atoms with Crippen LogP contribution in [0.25, 0.3) is 0 Å². The molecule has 0 saturated carbocycles. The number of anilines is 1. The van der Waals surface area contributed by atoms with Crippen LogP contribution < -0.4 is 10.2 Å². The summed E-state index contributed by atoms with van der Waals surface area (Å²) in [6, 6.07) is 3.21. The molecule has 0 aliphatic carbocycles. The Morgan fingerprint density at radius 3 is 2.94 bits per heavy atom. The molecule has 86 valence electrons. The largest absolute Gasteiger partial charge is 0.355 e. The van der Waals surface area contributed by atoms with Crippen LogP contribution in [0.15, 0.2) is 18.3 Å². The number of hydrogen-bond acceptors (Lipinski definition) is 5. The van der Waals surface area contributed by atoms with Crippen molar-refractivity contribution in [2.75, 3.05) is 31.1 Å². The van der Waals surface area contributed by atoms with Gasteiger partial charge in [0.1, 0.15) is 12.0 Å². The van der Waals surface area contributed by atoms with E-state index in [1.807, 2.05) is 0 Å². The predicted octanol–water partition coefficient (Wildman–Crippen LogP) is 0.789. The van der Waals surface area contributed by atoms with Gasteiger partial charge in [0.05, 0.1) is 4.92 Å². The average molecular weight is 222 g/mol. The molecule has 0 unspecified atom stereocenters. The smallest absolute Gasteiger partial charge is 0.287 e. The molecule has 2 heterocycles. The summed E-state index contributed by atoms with van der Waals surface area (Å²) in [5.41, 5.74) is 0.0386. The summed E-state index contributed by atoms with van der Waals surface area (Å²) in [7, 11) is 0. The van der Waals surface area contributed by atoms with Gasteiger partial charge in [-0.2, -0.15) is 0 Å². The molecular weight excluding hydrogens is 208 g/mol. The molecule has 0 amide bonds. The minimum absolute atomic E-state index is 0.0386. The molecule has 6 nitrogen and oxygen atoms in total. The molecule has 1 aliphatic heterocycles. The van der Waals surface area contributed by atoms with Crippen LogP contribution in [0.4, 0.5) is 11.5 Å². The molecule has 1 aromatic rings. The zero-order chi connectivity index (χ0) is 11.4. The molecule has 0 atom stereocenters. The van der Waals surface area contributed by atoms with Crippen LogP contribution >= 0.6 is 0 Å². The minimum Gasteiger partial charge on any atom is -0.355 e. The highest BCUT2D eigenvalue weighted by molar-refractivity contribution is 5.42. The van der Waals surface area contributed by atoms with Gasteiger partial charge in [-0.15, -0.1) is 0 Å². The summed E-state index contributed by atoms with van der Waals surface area (Å²) < 4.78 is 0. The van der Waals surface area contributed by atoms with E-state index < -0.39 is 4.92 Å². The lowest BCUT2D eigenvalue weighted by Gasteiger charge is -2.20. The molecule has 0 spiro atoms. The second-order valence-corrected chi connectivity index (χ2v) is 3.72. The number of rotatable bonds is 2. The third-order valence-electron chi connectivity index (χ3n) is 2.61. The minimum atomic E-state index is -0.430. The van der Waals surface area contributed by atoms with Crippen molar-refractivity contribution in [3.05, 3.63) is 28.4 Å². The van der Waals surface area contributed by atoms with Gasteiger partial charge < -0.3 is 10.2 Å². The molecular formula is C10H14N4O2. The van der Waals surface area contributed by atoms with E-state index in [1.54, 1.807) is 6.07 Å². The quantitative estimate of drug-likeness (QED) is 0.591. The Hall–Kier alpha value is -1.69. The Balaban J connectivity index is 2.10. The van der Waals surface area contributed by atoms with Gasteiger partial charge >= 0.3 is 0 Å². The molecule has 0 aromatic carbocycles. The number of pyridine rings is 1. The van der Waals surface area contributed by atoms with Gasteiger partial charge in [0.15, 0.2) is 0 Å². The lowest BCUT2D eigenvalue weighted by atomic mass is 10.3. The summed E-state index contributed by atoms with van der Waals surface area (Å²) in [5, 5.41) is 13.8. The lowest BCUT2D eigenvalue weighted by molar-refractivity contribution is -0.385. The number of nitrogens with zero attached hydrogens (tertiary/aromatic N) is 3. The zero-order valence-electron chi connectivity index (χ0n) is 8.93. The summed E-state index contributed by atoms with van der Waals surface area (Å²) in [5.74, 6) is 0.814. The number of nitro groups is 1. The van der Waals surface area contributed by atoms with Crippen molar-refractivity contribution in [2.45, 2.75) is 6.42 Å². The van der Waals surface area contributed by atoms with Gasteiger partial charge in [-0.25, -0.2) is 4.98 Å². The van der Waals surface area contributed by atoms with E-state index in [-0.39, 0.29) is 5.69 Å². The van der Waals surface area contributed by atoms with Gasteiger partial charge in [-0.05, 0) is 19.0 Å². The Kier molecular flexibility index (Phi) is 3.31. The third kappa shape index (κ3) is 2.46. The number of hydrogen-bond donors (Lipinski definition) is 1. The second-order valence-electron chi connectivity index (χ2n) is 3.72. The van der Waals surface area contributed by atoms with Crippen LogP contribution in [-0.2, 0) is 0 Å². The summed E-state index contributed by atoms with van der Waals surface area (Å²) in [6.07, 6.45) is 2.38. The van der Waals surface area contributed by atoms with Crippen molar-refractivity contribution >= 4 is 11.5 Å². The monoisotopic (exact) mass is 222 g/mol. The standard InChI is InChI=1S/C10H14N4O2/c15-14(16)9-2-3-10(12-8-9)13-6-1-4-11-5-7-13/h2-3,8,11H,1,4-7H2. The molecule has 6 heteroatoms. The Morgan fingerprint density at radius 1 is 1.38 bits per heavy atom. The van der Waals surface area contributed by atoms with E-state index in [9.17, 15) is 10.1 Å². The highest BCUT2D eigenvalue weighted by Gasteiger charge is 2.12. The third-order valence-corrected chi connectivity index (χ3v) is 2.61. The van der Waals surface area contributed by atoms with E-state index in [4.69, 9.17) is 0 Å². The van der Waals surface area contributed by atoms with E-state index in [2.05, 4.69) is 15.2 Å². The molecule has 2 rings (SSSR count). The van der Waals surface area contributed by atoms with Crippen molar-refractivity contribution in [1.82, 2.24) is 10.3 Å². The first-order valence-corrected chi connectivity index (χ1v) is 5.33. The normalized spacial score (nSPS) is 16.9. The van der Waals surface area contributed by atoms with Crippen molar-refractivity contribution in [1.29, 1.82) is 0 Å².